The van der Waals surface area contributed by atoms with E-state index >= 15 is 0 Å². The molecule has 0 aromatic carbocycles. The summed E-state index contributed by atoms with van der Waals surface area (Å²) in [5.41, 5.74) is 0.862. The molecule has 2 aromatic heterocycles. The van der Waals surface area contributed by atoms with Crippen LogP contribution >= 0.6 is 15.9 Å². The van der Waals surface area contributed by atoms with Crippen molar-refractivity contribution in [3.05, 3.63) is 22.8 Å². The lowest BCUT2D eigenvalue weighted by molar-refractivity contribution is 0.322. The van der Waals surface area contributed by atoms with E-state index in [0.29, 0.717) is 12.0 Å². The molecule has 0 bridgehead atoms. The Balaban J connectivity index is 1.71. The second-order valence-electron chi connectivity index (χ2n) is 4.74. The highest BCUT2D eigenvalue weighted by molar-refractivity contribution is 9.10. The maximum atomic E-state index is 4.44. The number of likely N-dealkylation sites (tertiary alicyclic amines) is 1. The van der Waals surface area contributed by atoms with Crippen LogP contribution in [0.1, 0.15) is 12.8 Å². The maximum absolute atomic E-state index is 4.44. The summed E-state index contributed by atoms with van der Waals surface area (Å²) in [5, 5.41) is 7.73. The Morgan fingerprint density at radius 2 is 2.39 bits per heavy atom. The van der Waals surface area contributed by atoms with Crippen LogP contribution in [-0.2, 0) is 0 Å². The number of hydrogen-bond donors (Lipinski definition) is 1. The van der Waals surface area contributed by atoms with Crippen molar-refractivity contribution in [3.8, 4) is 0 Å². The fourth-order valence-corrected chi connectivity index (χ4v) is 2.71. The molecule has 1 aliphatic rings. The first-order valence-corrected chi connectivity index (χ1v) is 6.98. The Kier molecular flexibility index (Phi) is 3.22. The van der Waals surface area contributed by atoms with Gasteiger partial charge in [-0.05, 0) is 54.5 Å². The summed E-state index contributed by atoms with van der Waals surface area (Å²) in [7, 11) is 2.17. The van der Waals surface area contributed by atoms with Gasteiger partial charge in [0.1, 0.15) is 0 Å². The van der Waals surface area contributed by atoms with E-state index in [9.17, 15) is 0 Å². The van der Waals surface area contributed by atoms with Crippen LogP contribution in [0.3, 0.4) is 0 Å². The zero-order valence-corrected chi connectivity index (χ0v) is 11.9. The lowest BCUT2D eigenvalue weighted by Gasteiger charge is -2.18. The van der Waals surface area contributed by atoms with E-state index in [2.05, 4.69) is 43.3 Å². The molecule has 1 saturated heterocycles. The summed E-state index contributed by atoms with van der Waals surface area (Å²) >= 11 is 3.43. The van der Waals surface area contributed by atoms with E-state index in [1.165, 1.54) is 19.4 Å². The van der Waals surface area contributed by atoms with Crippen LogP contribution in [-0.4, -0.2) is 45.7 Å². The SMILES string of the molecule is CN1CCCC1CNc1nc2ccc(Br)cn2n1. The average molecular weight is 310 g/mol. The smallest absolute Gasteiger partial charge is 0.243 e. The molecule has 1 atom stereocenters. The molecule has 1 N–H and O–H groups in total. The van der Waals surface area contributed by atoms with Crippen LogP contribution < -0.4 is 5.32 Å². The Morgan fingerprint density at radius 1 is 1.50 bits per heavy atom. The zero-order chi connectivity index (χ0) is 12.5. The molecule has 3 heterocycles. The van der Waals surface area contributed by atoms with Gasteiger partial charge in [0.2, 0.25) is 5.95 Å². The summed E-state index contributed by atoms with van der Waals surface area (Å²) in [4.78, 5) is 6.83. The minimum atomic E-state index is 0.600. The quantitative estimate of drug-likeness (QED) is 0.942. The lowest BCUT2D eigenvalue weighted by atomic mass is 10.2. The molecule has 6 heteroatoms. The third-order valence-electron chi connectivity index (χ3n) is 3.46. The molecular weight excluding hydrogens is 294 g/mol. The minimum Gasteiger partial charge on any atom is -0.351 e. The van der Waals surface area contributed by atoms with Gasteiger partial charge < -0.3 is 10.2 Å². The number of fused-ring (bicyclic) bond motifs is 1. The number of nitrogens with one attached hydrogen (secondary N) is 1. The third kappa shape index (κ3) is 2.35. The largest absolute Gasteiger partial charge is 0.351 e. The number of nitrogens with zero attached hydrogens (tertiary/aromatic N) is 4. The minimum absolute atomic E-state index is 0.600. The van der Waals surface area contributed by atoms with E-state index in [1.54, 1.807) is 4.52 Å². The van der Waals surface area contributed by atoms with Gasteiger partial charge in [0.25, 0.3) is 0 Å². The van der Waals surface area contributed by atoms with E-state index in [4.69, 9.17) is 0 Å². The van der Waals surface area contributed by atoms with Crippen molar-refractivity contribution >= 4 is 27.5 Å². The van der Waals surface area contributed by atoms with Crippen LogP contribution in [0.15, 0.2) is 22.8 Å². The second kappa shape index (κ2) is 4.85. The van der Waals surface area contributed by atoms with Crippen molar-refractivity contribution in [2.45, 2.75) is 18.9 Å². The van der Waals surface area contributed by atoms with Crippen molar-refractivity contribution in [2.75, 3.05) is 25.5 Å². The predicted octanol–water partition coefficient (Wildman–Crippen LogP) is 2.00. The molecule has 1 unspecified atom stereocenters. The van der Waals surface area contributed by atoms with Crippen LogP contribution in [0.25, 0.3) is 5.65 Å². The predicted molar refractivity (Wildman–Crippen MR) is 74.8 cm³/mol. The molecular formula is C12H16BrN5. The van der Waals surface area contributed by atoms with E-state index in [0.717, 1.165) is 16.7 Å². The first-order valence-electron chi connectivity index (χ1n) is 6.18. The van der Waals surface area contributed by atoms with Crippen molar-refractivity contribution in [2.24, 2.45) is 0 Å². The summed E-state index contributed by atoms with van der Waals surface area (Å²) in [6.45, 7) is 2.10. The maximum Gasteiger partial charge on any atom is 0.243 e. The van der Waals surface area contributed by atoms with Gasteiger partial charge in [-0.2, -0.15) is 4.98 Å². The standard InChI is InChI=1S/C12H16BrN5/c1-17-6-2-3-10(17)7-14-12-15-11-5-4-9(13)8-18(11)16-12/h4-5,8,10H,2-3,6-7H2,1H3,(H,14,16). The van der Waals surface area contributed by atoms with Gasteiger partial charge in [0, 0.05) is 23.3 Å². The van der Waals surface area contributed by atoms with Gasteiger partial charge in [-0.1, -0.05) is 0 Å². The summed E-state index contributed by atoms with van der Waals surface area (Å²) < 4.78 is 2.78. The van der Waals surface area contributed by atoms with Gasteiger partial charge in [0.15, 0.2) is 5.65 Å². The molecule has 5 nitrogen and oxygen atoms in total. The number of rotatable bonds is 3. The Bertz CT molecular complexity index is 552. The first-order chi connectivity index (χ1) is 8.72. The zero-order valence-electron chi connectivity index (χ0n) is 10.3. The van der Waals surface area contributed by atoms with Crippen LogP contribution in [0, 0.1) is 0 Å². The summed E-state index contributed by atoms with van der Waals surface area (Å²) in [6, 6.07) is 4.52. The number of hydrogen-bond acceptors (Lipinski definition) is 4. The third-order valence-corrected chi connectivity index (χ3v) is 3.93. The Morgan fingerprint density at radius 3 is 3.17 bits per heavy atom. The molecule has 0 saturated carbocycles. The highest BCUT2D eigenvalue weighted by Gasteiger charge is 2.20. The molecule has 0 amide bonds. The Hall–Kier alpha value is -1.14. The van der Waals surface area contributed by atoms with Crippen molar-refractivity contribution < 1.29 is 0 Å². The van der Waals surface area contributed by atoms with Crippen molar-refractivity contribution in [3.63, 3.8) is 0 Å². The van der Waals surface area contributed by atoms with E-state index < -0.39 is 0 Å². The number of aromatic nitrogens is 3. The summed E-state index contributed by atoms with van der Waals surface area (Å²) in [5.74, 6) is 0.702. The number of pyridine rings is 1. The highest BCUT2D eigenvalue weighted by atomic mass is 79.9. The molecule has 3 rings (SSSR count). The topological polar surface area (TPSA) is 45.5 Å². The summed E-state index contributed by atoms with van der Waals surface area (Å²) in [6.07, 6.45) is 4.45. The molecule has 2 aromatic rings. The van der Waals surface area contributed by atoms with Crippen molar-refractivity contribution in [1.29, 1.82) is 0 Å². The normalized spacial score (nSPS) is 20.7. The average Bonchev–Trinajstić information content (AvgIpc) is 2.92. The molecule has 18 heavy (non-hydrogen) atoms. The van der Waals surface area contributed by atoms with E-state index in [-0.39, 0.29) is 0 Å². The van der Waals surface area contributed by atoms with Crippen LogP contribution in [0.4, 0.5) is 5.95 Å². The molecule has 1 fully saturated rings. The van der Waals surface area contributed by atoms with Gasteiger partial charge in [-0.15, -0.1) is 5.10 Å². The van der Waals surface area contributed by atoms with Gasteiger partial charge in [-0.25, -0.2) is 4.52 Å². The van der Waals surface area contributed by atoms with Crippen molar-refractivity contribution in [1.82, 2.24) is 19.5 Å². The molecule has 1 aliphatic heterocycles. The lowest BCUT2D eigenvalue weighted by Crippen LogP contribution is -2.31. The fraction of sp³-hybridized carbons (Fsp3) is 0.500. The molecule has 0 radical (unpaired) electrons. The molecule has 0 spiro atoms. The first kappa shape index (κ1) is 11.9. The highest BCUT2D eigenvalue weighted by Crippen LogP contribution is 2.16. The fourth-order valence-electron chi connectivity index (χ4n) is 2.38. The second-order valence-corrected chi connectivity index (χ2v) is 5.66. The number of halogens is 1. The van der Waals surface area contributed by atoms with Crippen LogP contribution in [0.2, 0.25) is 0 Å². The monoisotopic (exact) mass is 309 g/mol. The van der Waals surface area contributed by atoms with Gasteiger partial charge >= 0.3 is 0 Å². The van der Waals surface area contributed by atoms with Gasteiger partial charge in [-0.3, -0.25) is 0 Å². The number of likely N-dealkylation sites (N-methyl/N-ethyl adjacent to an activating group) is 1. The van der Waals surface area contributed by atoms with Gasteiger partial charge in [0.05, 0.1) is 0 Å². The number of anilines is 1. The van der Waals surface area contributed by atoms with Crippen LogP contribution in [0.5, 0.6) is 0 Å². The van der Waals surface area contributed by atoms with E-state index in [1.807, 2.05) is 18.3 Å². The molecule has 96 valence electrons. The Labute approximate surface area is 114 Å². The molecule has 0 aliphatic carbocycles.